The number of likely N-dealkylation sites (tertiary alicyclic amines) is 1. The van der Waals surface area contributed by atoms with Gasteiger partial charge in [0.15, 0.2) is 5.13 Å². The van der Waals surface area contributed by atoms with Crippen molar-refractivity contribution in [3.63, 3.8) is 0 Å². The molecule has 2 aromatic rings. The molecule has 2 amide bonds. The highest BCUT2D eigenvalue weighted by Gasteiger charge is 2.32. The maximum Gasteiger partial charge on any atom is 0.241 e. The van der Waals surface area contributed by atoms with E-state index >= 15 is 0 Å². The predicted molar refractivity (Wildman–Crippen MR) is 105 cm³/mol. The number of benzene rings is 1. The van der Waals surface area contributed by atoms with Crippen LogP contribution in [0.4, 0.5) is 10.8 Å². The summed E-state index contributed by atoms with van der Waals surface area (Å²) in [6.07, 6.45) is 1.56. The minimum Gasteiger partial charge on any atom is -0.325 e. The molecule has 1 aromatic heterocycles. The zero-order chi connectivity index (χ0) is 18.7. The van der Waals surface area contributed by atoms with E-state index in [1.165, 1.54) is 11.3 Å². The van der Waals surface area contributed by atoms with Crippen LogP contribution in [0.15, 0.2) is 23.6 Å². The molecule has 1 atom stereocenters. The first kappa shape index (κ1) is 19.1. The lowest BCUT2D eigenvalue weighted by atomic mass is 10.2. The van der Waals surface area contributed by atoms with Crippen LogP contribution in [-0.4, -0.2) is 40.8 Å². The number of aromatic nitrogens is 1. The van der Waals surface area contributed by atoms with E-state index in [-0.39, 0.29) is 24.4 Å². The maximum absolute atomic E-state index is 12.6. The standard InChI is InChI=1S/C17H18Cl2N4O2S/c1-10-9-26-17(20-10)22-15(24)8-23-4-2-3-14(23)16(25)21-13-6-11(18)5-12(19)7-13/h5-7,9,14H,2-4,8H2,1H3,(H,21,25)(H,20,22,24). The number of hydrogen-bond acceptors (Lipinski definition) is 5. The van der Waals surface area contributed by atoms with Gasteiger partial charge in [0.2, 0.25) is 11.8 Å². The van der Waals surface area contributed by atoms with Gasteiger partial charge in [0, 0.05) is 21.1 Å². The first-order chi connectivity index (χ1) is 12.4. The molecule has 1 unspecified atom stereocenters. The lowest BCUT2D eigenvalue weighted by Crippen LogP contribution is -2.43. The fourth-order valence-corrected chi connectivity index (χ4v) is 4.15. The van der Waals surface area contributed by atoms with Gasteiger partial charge in [-0.15, -0.1) is 11.3 Å². The van der Waals surface area contributed by atoms with Gasteiger partial charge in [0.05, 0.1) is 18.3 Å². The molecule has 9 heteroatoms. The van der Waals surface area contributed by atoms with Crippen LogP contribution in [0.25, 0.3) is 0 Å². The number of carbonyl (C=O) groups is 2. The topological polar surface area (TPSA) is 74.3 Å². The normalized spacial score (nSPS) is 17.3. The minimum absolute atomic E-state index is 0.146. The lowest BCUT2D eigenvalue weighted by Gasteiger charge is -2.23. The van der Waals surface area contributed by atoms with Crippen LogP contribution < -0.4 is 10.6 Å². The number of amides is 2. The second-order valence-corrected chi connectivity index (χ2v) is 7.85. The van der Waals surface area contributed by atoms with Crippen molar-refractivity contribution in [3.8, 4) is 0 Å². The number of aryl methyl sites for hydroxylation is 1. The summed E-state index contributed by atoms with van der Waals surface area (Å²) < 4.78 is 0. The number of rotatable bonds is 5. The Bertz CT molecular complexity index is 807. The van der Waals surface area contributed by atoms with Gasteiger partial charge >= 0.3 is 0 Å². The zero-order valence-corrected chi connectivity index (χ0v) is 16.4. The number of thiazole rings is 1. The summed E-state index contributed by atoms with van der Waals surface area (Å²) in [6, 6.07) is 4.52. The van der Waals surface area contributed by atoms with Crippen LogP contribution in [0, 0.1) is 6.92 Å². The van der Waals surface area contributed by atoms with Crippen molar-refractivity contribution in [2.75, 3.05) is 23.7 Å². The summed E-state index contributed by atoms with van der Waals surface area (Å²) >= 11 is 13.3. The Labute approximate surface area is 165 Å². The van der Waals surface area contributed by atoms with Crippen molar-refractivity contribution in [3.05, 3.63) is 39.3 Å². The van der Waals surface area contributed by atoms with Crippen molar-refractivity contribution >= 4 is 57.2 Å². The van der Waals surface area contributed by atoms with Crippen molar-refractivity contribution < 1.29 is 9.59 Å². The van der Waals surface area contributed by atoms with E-state index in [1.807, 2.05) is 17.2 Å². The van der Waals surface area contributed by atoms with Gasteiger partial charge in [0.1, 0.15) is 0 Å². The average Bonchev–Trinajstić information content (AvgIpc) is 3.15. The Hall–Kier alpha value is -1.67. The van der Waals surface area contributed by atoms with Crippen LogP contribution in [0.5, 0.6) is 0 Å². The van der Waals surface area contributed by atoms with E-state index in [0.29, 0.717) is 33.8 Å². The number of carbonyl (C=O) groups excluding carboxylic acids is 2. The second-order valence-electron chi connectivity index (χ2n) is 6.12. The highest BCUT2D eigenvalue weighted by atomic mass is 35.5. The van der Waals surface area contributed by atoms with E-state index < -0.39 is 0 Å². The Morgan fingerprint density at radius 1 is 1.27 bits per heavy atom. The first-order valence-corrected chi connectivity index (χ1v) is 9.77. The van der Waals surface area contributed by atoms with E-state index in [1.54, 1.807) is 18.2 Å². The Kier molecular flexibility index (Phi) is 6.13. The molecule has 0 aliphatic carbocycles. The van der Waals surface area contributed by atoms with Crippen LogP contribution in [0.3, 0.4) is 0 Å². The van der Waals surface area contributed by atoms with Crippen molar-refractivity contribution in [2.45, 2.75) is 25.8 Å². The van der Waals surface area contributed by atoms with E-state index in [4.69, 9.17) is 23.2 Å². The Balaban J connectivity index is 1.60. The number of hydrogen-bond donors (Lipinski definition) is 2. The number of nitrogens with zero attached hydrogens (tertiary/aromatic N) is 2. The van der Waals surface area contributed by atoms with Crippen molar-refractivity contribution in [1.29, 1.82) is 0 Å². The van der Waals surface area contributed by atoms with Gasteiger partial charge < -0.3 is 10.6 Å². The average molecular weight is 413 g/mol. The molecule has 1 fully saturated rings. The largest absolute Gasteiger partial charge is 0.325 e. The quantitative estimate of drug-likeness (QED) is 0.782. The molecular weight excluding hydrogens is 395 g/mol. The van der Waals surface area contributed by atoms with Gasteiger partial charge in [-0.3, -0.25) is 14.5 Å². The predicted octanol–water partition coefficient (Wildman–Crippen LogP) is 3.80. The molecule has 26 heavy (non-hydrogen) atoms. The van der Waals surface area contributed by atoms with Crippen LogP contribution in [-0.2, 0) is 9.59 Å². The summed E-state index contributed by atoms with van der Waals surface area (Å²) in [7, 11) is 0. The minimum atomic E-state index is -0.364. The summed E-state index contributed by atoms with van der Waals surface area (Å²) in [5.41, 5.74) is 1.41. The van der Waals surface area contributed by atoms with E-state index in [0.717, 1.165) is 12.1 Å². The number of nitrogens with one attached hydrogen (secondary N) is 2. The molecule has 2 heterocycles. The highest BCUT2D eigenvalue weighted by Crippen LogP contribution is 2.24. The van der Waals surface area contributed by atoms with Crippen LogP contribution >= 0.6 is 34.5 Å². The van der Waals surface area contributed by atoms with Crippen molar-refractivity contribution in [2.24, 2.45) is 0 Å². The fraction of sp³-hybridized carbons (Fsp3) is 0.353. The van der Waals surface area contributed by atoms with Gasteiger partial charge in [0.25, 0.3) is 0 Å². The number of halogens is 2. The first-order valence-electron chi connectivity index (χ1n) is 8.14. The molecule has 2 N–H and O–H groups in total. The summed E-state index contributed by atoms with van der Waals surface area (Å²) in [4.78, 5) is 30.9. The summed E-state index contributed by atoms with van der Waals surface area (Å²) in [6.45, 7) is 2.71. The fourth-order valence-electron chi connectivity index (χ4n) is 2.92. The zero-order valence-electron chi connectivity index (χ0n) is 14.1. The molecule has 1 saturated heterocycles. The molecular formula is C17H18Cl2N4O2S. The molecule has 1 aromatic carbocycles. The van der Waals surface area contributed by atoms with Gasteiger partial charge in [-0.1, -0.05) is 23.2 Å². The van der Waals surface area contributed by atoms with E-state index in [9.17, 15) is 9.59 Å². The van der Waals surface area contributed by atoms with Gasteiger partial charge in [-0.05, 0) is 44.5 Å². The smallest absolute Gasteiger partial charge is 0.241 e. The molecule has 0 bridgehead atoms. The van der Waals surface area contributed by atoms with Crippen LogP contribution in [0.2, 0.25) is 10.0 Å². The third kappa shape index (κ3) is 4.94. The SMILES string of the molecule is Cc1csc(NC(=O)CN2CCCC2C(=O)Nc2cc(Cl)cc(Cl)c2)n1. The van der Waals surface area contributed by atoms with Crippen LogP contribution in [0.1, 0.15) is 18.5 Å². The molecule has 138 valence electrons. The summed E-state index contributed by atoms with van der Waals surface area (Å²) in [5, 5.41) is 8.95. The molecule has 0 spiro atoms. The number of anilines is 2. The van der Waals surface area contributed by atoms with Crippen molar-refractivity contribution in [1.82, 2.24) is 9.88 Å². The molecule has 0 radical (unpaired) electrons. The molecule has 3 rings (SSSR count). The van der Waals surface area contributed by atoms with Gasteiger partial charge in [-0.25, -0.2) is 4.98 Å². The molecule has 0 saturated carbocycles. The summed E-state index contributed by atoms with van der Waals surface area (Å²) in [5.74, 6) is -0.344. The lowest BCUT2D eigenvalue weighted by molar-refractivity contribution is -0.122. The highest BCUT2D eigenvalue weighted by molar-refractivity contribution is 7.13. The van der Waals surface area contributed by atoms with E-state index in [2.05, 4.69) is 15.6 Å². The third-order valence-electron chi connectivity index (χ3n) is 4.01. The van der Waals surface area contributed by atoms with Gasteiger partial charge in [-0.2, -0.15) is 0 Å². The maximum atomic E-state index is 12.6. The Morgan fingerprint density at radius 2 is 2.00 bits per heavy atom. The second kappa shape index (κ2) is 8.35. The molecule has 6 nitrogen and oxygen atoms in total. The third-order valence-corrected chi connectivity index (χ3v) is 5.32. The monoisotopic (exact) mass is 412 g/mol. The molecule has 1 aliphatic rings. The molecule has 1 aliphatic heterocycles. The Morgan fingerprint density at radius 3 is 2.65 bits per heavy atom.